The number of hydrogen-bond acceptors (Lipinski definition) is 3. The van der Waals surface area contributed by atoms with Gasteiger partial charge in [0.1, 0.15) is 17.3 Å². The highest BCUT2D eigenvalue weighted by Gasteiger charge is 2.10. The minimum Gasteiger partial charge on any atom is -0.460 e. The van der Waals surface area contributed by atoms with Gasteiger partial charge >= 0.3 is 0 Å². The topological polar surface area (TPSA) is 45.4 Å². The lowest BCUT2D eigenvalue weighted by Crippen LogP contribution is -2.28. The first-order valence-electron chi connectivity index (χ1n) is 6.30. The molecule has 19 heavy (non-hydrogen) atoms. The van der Waals surface area contributed by atoms with E-state index in [2.05, 4.69) is 5.32 Å². The predicted octanol–water partition coefficient (Wildman–Crippen LogP) is 2.86. The van der Waals surface area contributed by atoms with Crippen LogP contribution in [-0.2, 0) is 6.54 Å². The second-order valence-electron chi connectivity index (χ2n) is 4.64. The van der Waals surface area contributed by atoms with Gasteiger partial charge in [0.2, 0.25) is 0 Å². The number of furan rings is 1. The van der Waals surface area contributed by atoms with Gasteiger partial charge in [-0.2, -0.15) is 0 Å². The van der Waals surface area contributed by atoms with Crippen molar-refractivity contribution in [3.8, 4) is 11.3 Å². The third kappa shape index (κ3) is 3.22. The Morgan fingerprint density at radius 3 is 2.84 bits per heavy atom. The zero-order valence-electron chi connectivity index (χ0n) is 11.1. The first kappa shape index (κ1) is 13.8. The van der Waals surface area contributed by atoms with Crippen molar-refractivity contribution in [1.29, 1.82) is 0 Å². The Bertz CT molecular complexity index is 551. The summed E-state index contributed by atoms with van der Waals surface area (Å²) in [5.74, 6) is 1.19. The van der Waals surface area contributed by atoms with E-state index in [9.17, 15) is 4.39 Å². The van der Waals surface area contributed by atoms with Crippen LogP contribution in [0, 0.1) is 12.7 Å². The van der Waals surface area contributed by atoms with Gasteiger partial charge in [0, 0.05) is 11.6 Å². The van der Waals surface area contributed by atoms with Crippen LogP contribution in [0.1, 0.15) is 18.2 Å². The lowest BCUT2D eigenvalue weighted by Gasteiger charge is -2.08. The number of halogens is 1. The largest absolute Gasteiger partial charge is 0.460 e. The molecule has 0 unspecified atom stereocenters. The fourth-order valence-electron chi connectivity index (χ4n) is 1.83. The predicted molar refractivity (Wildman–Crippen MR) is 72.2 cm³/mol. The van der Waals surface area contributed by atoms with Crippen LogP contribution in [0.4, 0.5) is 4.39 Å². The van der Waals surface area contributed by atoms with E-state index in [-0.39, 0.29) is 18.5 Å². The molecule has 0 bridgehead atoms. The van der Waals surface area contributed by atoms with Gasteiger partial charge in [0.05, 0.1) is 13.2 Å². The van der Waals surface area contributed by atoms with E-state index in [0.717, 1.165) is 11.3 Å². The third-order valence-electron chi connectivity index (χ3n) is 3.09. The minimum atomic E-state index is -0.234. The normalized spacial score (nSPS) is 12.6. The molecule has 2 rings (SSSR count). The Hall–Kier alpha value is -1.65. The van der Waals surface area contributed by atoms with Crippen LogP contribution >= 0.6 is 0 Å². The molecule has 2 N–H and O–H groups in total. The molecule has 0 aliphatic heterocycles. The summed E-state index contributed by atoms with van der Waals surface area (Å²) in [6.45, 7) is 4.24. The molecule has 0 spiro atoms. The second kappa shape index (κ2) is 5.99. The summed E-state index contributed by atoms with van der Waals surface area (Å²) in [5.41, 5.74) is 1.35. The van der Waals surface area contributed by atoms with Crippen molar-refractivity contribution >= 4 is 0 Å². The number of aliphatic hydroxyl groups excluding tert-OH is 1. The average molecular weight is 263 g/mol. The van der Waals surface area contributed by atoms with Crippen molar-refractivity contribution in [3.63, 3.8) is 0 Å². The maximum Gasteiger partial charge on any atom is 0.134 e. The molecule has 2 aromatic rings. The fourth-order valence-corrected chi connectivity index (χ4v) is 1.83. The molecule has 1 heterocycles. The van der Waals surface area contributed by atoms with Gasteiger partial charge in [-0.15, -0.1) is 0 Å². The summed E-state index contributed by atoms with van der Waals surface area (Å²) < 4.78 is 19.2. The number of aliphatic hydroxyl groups is 1. The van der Waals surface area contributed by atoms with Crippen molar-refractivity contribution in [3.05, 3.63) is 47.5 Å². The van der Waals surface area contributed by atoms with E-state index < -0.39 is 0 Å². The Morgan fingerprint density at radius 2 is 2.11 bits per heavy atom. The summed E-state index contributed by atoms with van der Waals surface area (Å²) in [4.78, 5) is 0. The van der Waals surface area contributed by atoms with Gasteiger partial charge in [-0.1, -0.05) is 12.1 Å². The van der Waals surface area contributed by atoms with Crippen molar-refractivity contribution in [1.82, 2.24) is 5.32 Å². The van der Waals surface area contributed by atoms with E-state index in [0.29, 0.717) is 17.9 Å². The summed E-state index contributed by atoms with van der Waals surface area (Å²) in [6.07, 6.45) is 0. The molecule has 3 nitrogen and oxygen atoms in total. The molecule has 0 aliphatic rings. The van der Waals surface area contributed by atoms with Gasteiger partial charge in [0.25, 0.3) is 0 Å². The maximum atomic E-state index is 13.5. The molecule has 0 amide bonds. The SMILES string of the molecule is Cc1c(F)cccc1-c1ccc(CN[C@@H](C)CO)o1. The molecule has 102 valence electrons. The molecule has 4 heteroatoms. The van der Waals surface area contributed by atoms with Gasteiger partial charge < -0.3 is 14.8 Å². The second-order valence-corrected chi connectivity index (χ2v) is 4.64. The molecule has 1 atom stereocenters. The Kier molecular flexibility index (Phi) is 4.35. The lowest BCUT2D eigenvalue weighted by molar-refractivity contribution is 0.248. The monoisotopic (exact) mass is 263 g/mol. The van der Waals surface area contributed by atoms with Crippen molar-refractivity contribution in [2.24, 2.45) is 0 Å². The molecule has 1 aromatic heterocycles. The van der Waals surface area contributed by atoms with Crippen LogP contribution in [0.2, 0.25) is 0 Å². The highest BCUT2D eigenvalue weighted by Crippen LogP contribution is 2.26. The molecule has 0 aliphatic carbocycles. The Labute approximate surface area is 112 Å². The van der Waals surface area contributed by atoms with E-state index in [4.69, 9.17) is 9.52 Å². The highest BCUT2D eigenvalue weighted by molar-refractivity contribution is 5.62. The lowest BCUT2D eigenvalue weighted by atomic mass is 10.1. The standard InChI is InChI=1S/C15H18FNO2/c1-10(9-18)17-8-12-6-7-15(19-12)13-4-3-5-14(16)11(13)2/h3-7,10,17-18H,8-9H2,1-2H3/t10-/m0/s1. The molecule has 0 saturated carbocycles. The molecule has 1 aromatic carbocycles. The van der Waals surface area contributed by atoms with Crippen LogP contribution in [0.25, 0.3) is 11.3 Å². The quantitative estimate of drug-likeness (QED) is 0.872. The van der Waals surface area contributed by atoms with Crippen LogP contribution in [0.15, 0.2) is 34.7 Å². The van der Waals surface area contributed by atoms with Gasteiger partial charge in [-0.3, -0.25) is 0 Å². The molecular weight excluding hydrogens is 245 g/mol. The highest BCUT2D eigenvalue weighted by atomic mass is 19.1. The van der Waals surface area contributed by atoms with E-state index >= 15 is 0 Å². The zero-order chi connectivity index (χ0) is 13.8. The van der Waals surface area contributed by atoms with E-state index in [1.165, 1.54) is 6.07 Å². The van der Waals surface area contributed by atoms with E-state index in [1.807, 2.05) is 25.1 Å². The minimum absolute atomic E-state index is 0.0180. The number of benzene rings is 1. The fraction of sp³-hybridized carbons (Fsp3) is 0.333. The first-order chi connectivity index (χ1) is 9.11. The Morgan fingerprint density at radius 1 is 1.32 bits per heavy atom. The maximum absolute atomic E-state index is 13.5. The number of nitrogens with one attached hydrogen (secondary N) is 1. The van der Waals surface area contributed by atoms with Crippen LogP contribution in [0.5, 0.6) is 0 Å². The molecule has 0 radical (unpaired) electrons. The summed E-state index contributed by atoms with van der Waals surface area (Å²) in [5, 5.41) is 12.0. The van der Waals surface area contributed by atoms with Crippen LogP contribution in [0.3, 0.4) is 0 Å². The van der Waals surface area contributed by atoms with Crippen LogP contribution in [-0.4, -0.2) is 17.8 Å². The number of rotatable bonds is 5. The van der Waals surface area contributed by atoms with Crippen LogP contribution < -0.4 is 5.32 Å². The van der Waals surface area contributed by atoms with Crippen molar-refractivity contribution in [2.45, 2.75) is 26.4 Å². The number of hydrogen-bond donors (Lipinski definition) is 2. The Balaban J connectivity index is 2.14. The average Bonchev–Trinajstić information content (AvgIpc) is 2.87. The first-order valence-corrected chi connectivity index (χ1v) is 6.30. The summed E-state index contributed by atoms with van der Waals surface area (Å²) >= 11 is 0. The zero-order valence-corrected chi connectivity index (χ0v) is 11.1. The van der Waals surface area contributed by atoms with Crippen molar-refractivity contribution < 1.29 is 13.9 Å². The van der Waals surface area contributed by atoms with Crippen molar-refractivity contribution in [2.75, 3.05) is 6.61 Å². The molecule has 0 fully saturated rings. The smallest absolute Gasteiger partial charge is 0.134 e. The third-order valence-corrected chi connectivity index (χ3v) is 3.09. The summed E-state index contributed by atoms with van der Waals surface area (Å²) in [6, 6.07) is 8.66. The van der Waals surface area contributed by atoms with E-state index in [1.54, 1.807) is 13.0 Å². The molecular formula is C15H18FNO2. The summed E-state index contributed by atoms with van der Waals surface area (Å²) in [7, 11) is 0. The van der Waals surface area contributed by atoms with Gasteiger partial charge in [0.15, 0.2) is 0 Å². The molecule has 0 saturated heterocycles. The van der Waals surface area contributed by atoms with Gasteiger partial charge in [-0.05, 0) is 37.6 Å². The van der Waals surface area contributed by atoms with Gasteiger partial charge in [-0.25, -0.2) is 4.39 Å².